The molecule has 0 heterocycles. The number of anilines is 1. The molecule has 0 radical (unpaired) electrons. The molecule has 116 valence electrons. The van der Waals surface area contributed by atoms with Crippen molar-refractivity contribution in [3.63, 3.8) is 0 Å². The molecule has 21 heavy (non-hydrogen) atoms. The lowest BCUT2D eigenvalue weighted by Crippen LogP contribution is -2.43. The second kappa shape index (κ2) is 6.40. The first-order valence-electron chi connectivity index (χ1n) is 6.07. The summed E-state index contributed by atoms with van der Waals surface area (Å²) in [5.74, 6) is -0.278. The summed E-state index contributed by atoms with van der Waals surface area (Å²) in [5.41, 5.74) is 5.71. The summed E-state index contributed by atoms with van der Waals surface area (Å²) >= 11 is 4.72. The van der Waals surface area contributed by atoms with E-state index < -0.39 is 20.5 Å². The average Bonchev–Trinajstić information content (AvgIpc) is 2.36. The van der Waals surface area contributed by atoms with Crippen molar-refractivity contribution in [3.05, 3.63) is 24.3 Å². The Morgan fingerprint density at radius 3 is 2.48 bits per heavy atom. The maximum atomic E-state index is 12.2. The SMILES string of the molecule is CC(C)(C(=O)Nc1ccccc1OCC(N)=S)S(C)(=O)=O. The van der Waals surface area contributed by atoms with Gasteiger partial charge in [-0.1, -0.05) is 24.4 Å². The first-order valence-corrected chi connectivity index (χ1v) is 8.37. The van der Waals surface area contributed by atoms with E-state index in [1.807, 2.05) is 0 Å². The summed E-state index contributed by atoms with van der Waals surface area (Å²) in [7, 11) is -3.55. The van der Waals surface area contributed by atoms with E-state index in [0.717, 1.165) is 6.26 Å². The third-order valence-corrected chi connectivity index (χ3v) is 5.14. The predicted octanol–water partition coefficient (Wildman–Crippen LogP) is 1.11. The summed E-state index contributed by atoms with van der Waals surface area (Å²) in [4.78, 5) is 12.3. The smallest absolute Gasteiger partial charge is 0.245 e. The van der Waals surface area contributed by atoms with Crippen LogP contribution in [0, 0.1) is 0 Å². The van der Waals surface area contributed by atoms with Gasteiger partial charge in [0.25, 0.3) is 0 Å². The molecule has 8 heteroatoms. The van der Waals surface area contributed by atoms with Crippen molar-refractivity contribution in [1.29, 1.82) is 0 Å². The van der Waals surface area contributed by atoms with E-state index >= 15 is 0 Å². The lowest BCUT2D eigenvalue weighted by molar-refractivity contribution is -0.117. The van der Waals surface area contributed by atoms with Crippen molar-refractivity contribution >= 4 is 38.6 Å². The lowest BCUT2D eigenvalue weighted by atomic mass is 10.2. The Balaban J connectivity index is 2.98. The zero-order chi connectivity index (χ0) is 16.3. The number of rotatable bonds is 6. The fourth-order valence-electron chi connectivity index (χ4n) is 1.29. The molecule has 1 aromatic rings. The Bertz CT molecular complexity index is 654. The number of thiocarbonyl (C=S) groups is 1. The maximum Gasteiger partial charge on any atom is 0.245 e. The van der Waals surface area contributed by atoms with Gasteiger partial charge >= 0.3 is 0 Å². The van der Waals surface area contributed by atoms with Crippen LogP contribution in [0.1, 0.15) is 13.8 Å². The van der Waals surface area contributed by atoms with Crippen LogP contribution in [0.4, 0.5) is 5.69 Å². The maximum absolute atomic E-state index is 12.2. The molecule has 0 bridgehead atoms. The van der Waals surface area contributed by atoms with Crippen LogP contribution in [0.25, 0.3) is 0 Å². The van der Waals surface area contributed by atoms with Crippen LogP contribution < -0.4 is 15.8 Å². The van der Waals surface area contributed by atoms with E-state index in [9.17, 15) is 13.2 Å². The van der Waals surface area contributed by atoms with Crippen LogP contribution in [0.2, 0.25) is 0 Å². The number of benzene rings is 1. The van der Waals surface area contributed by atoms with E-state index in [1.54, 1.807) is 24.3 Å². The zero-order valence-electron chi connectivity index (χ0n) is 12.0. The fraction of sp³-hybridized carbons (Fsp3) is 0.385. The number of nitrogens with two attached hydrogens (primary N) is 1. The molecule has 0 atom stereocenters. The van der Waals surface area contributed by atoms with E-state index in [0.29, 0.717) is 11.4 Å². The molecular formula is C13H18N2O4S2. The molecule has 0 unspecified atom stereocenters. The Morgan fingerprint density at radius 1 is 1.38 bits per heavy atom. The molecule has 0 spiro atoms. The number of sulfone groups is 1. The van der Waals surface area contributed by atoms with Crippen LogP contribution in [-0.4, -0.2) is 36.9 Å². The highest BCUT2D eigenvalue weighted by Crippen LogP contribution is 2.26. The van der Waals surface area contributed by atoms with Gasteiger partial charge in [-0.3, -0.25) is 4.79 Å². The average molecular weight is 330 g/mol. The van der Waals surface area contributed by atoms with E-state index in [1.165, 1.54) is 13.8 Å². The van der Waals surface area contributed by atoms with Gasteiger partial charge in [-0.2, -0.15) is 0 Å². The van der Waals surface area contributed by atoms with Gasteiger partial charge in [0, 0.05) is 6.26 Å². The normalized spacial score (nSPS) is 11.8. The van der Waals surface area contributed by atoms with E-state index in [4.69, 9.17) is 22.7 Å². The molecule has 1 rings (SSSR count). The van der Waals surface area contributed by atoms with Gasteiger partial charge in [-0.15, -0.1) is 0 Å². The highest BCUT2D eigenvalue weighted by molar-refractivity contribution is 7.92. The molecule has 0 saturated heterocycles. The first-order chi connectivity index (χ1) is 9.55. The molecule has 0 aliphatic rings. The summed E-state index contributed by atoms with van der Waals surface area (Å²) in [6, 6.07) is 6.63. The molecule has 0 aliphatic carbocycles. The van der Waals surface area contributed by atoms with Crippen LogP contribution in [-0.2, 0) is 14.6 Å². The Morgan fingerprint density at radius 2 is 1.95 bits per heavy atom. The molecule has 1 aromatic carbocycles. The monoisotopic (exact) mass is 330 g/mol. The standard InChI is InChI=1S/C13H18N2O4S2/c1-13(2,21(3,17)18)12(16)15-9-6-4-5-7-10(9)19-8-11(14)20/h4-7H,8H2,1-3H3,(H2,14,20)(H,15,16). The quantitative estimate of drug-likeness (QED) is 0.758. The highest BCUT2D eigenvalue weighted by atomic mass is 32.2. The van der Waals surface area contributed by atoms with Crippen LogP contribution in [0.15, 0.2) is 24.3 Å². The topological polar surface area (TPSA) is 98.5 Å². The number of nitrogens with one attached hydrogen (secondary N) is 1. The van der Waals surface area contributed by atoms with Crippen molar-refractivity contribution in [3.8, 4) is 5.75 Å². The minimum Gasteiger partial charge on any atom is -0.484 e. The molecule has 0 saturated carbocycles. The number of hydrogen-bond acceptors (Lipinski definition) is 5. The highest BCUT2D eigenvalue weighted by Gasteiger charge is 2.38. The third kappa shape index (κ3) is 4.40. The summed E-state index contributed by atoms with van der Waals surface area (Å²) in [6.07, 6.45) is 1.02. The molecule has 0 aliphatic heterocycles. The zero-order valence-corrected chi connectivity index (χ0v) is 13.7. The van der Waals surface area contributed by atoms with Gasteiger partial charge in [0.2, 0.25) is 5.91 Å². The molecule has 1 amide bonds. The second-order valence-corrected chi connectivity index (χ2v) is 8.08. The van der Waals surface area contributed by atoms with Crippen LogP contribution >= 0.6 is 12.2 Å². The molecule has 0 aromatic heterocycles. The van der Waals surface area contributed by atoms with Gasteiger partial charge in [0.05, 0.1) is 5.69 Å². The lowest BCUT2D eigenvalue weighted by Gasteiger charge is -2.22. The molecule has 0 fully saturated rings. The van der Waals surface area contributed by atoms with Crippen LogP contribution in [0.5, 0.6) is 5.75 Å². The summed E-state index contributed by atoms with van der Waals surface area (Å²) in [6.45, 7) is 2.71. The second-order valence-electron chi connectivity index (χ2n) is 4.99. The van der Waals surface area contributed by atoms with Gasteiger partial charge in [0.15, 0.2) is 9.84 Å². The molecule has 6 nitrogen and oxygen atoms in total. The van der Waals surface area contributed by atoms with Crippen molar-refractivity contribution in [1.82, 2.24) is 0 Å². The third-order valence-electron chi connectivity index (χ3n) is 2.98. The Kier molecular flexibility index (Phi) is 5.30. The minimum atomic E-state index is -3.55. The van der Waals surface area contributed by atoms with E-state index in [-0.39, 0.29) is 11.6 Å². The summed E-state index contributed by atoms with van der Waals surface area (Å²) in [5, 5.41) is 2.55. The van der Waals surface area contributed by atoms with Crippen LogP contribution in [0.3, 0.4) is 0 Å². The van der Waals surface area contributed by atoms with E-state index in [2.05, 4.69) is 5.32 Å². The number of para-hydroxylation sites is 2. The molecule has 3 N–H and O–H groups in total. The Labute approximate surface area is 129 Å². The Hall–Kier alpha value is -1.67. The number of carbonyl (C=O) groups excluding carboxylic acids is 1. The first kappa shape index (κ1) is 17.4. The fourth-order valence-corrected chi connectivity index (χ4v) is 1.73. The number of ether oxygens (including phenoxy) is 1. The minimum absolute atomic E-state index is 0.0255. The number of carbonyl (C=O) groups is 1. The predicted molar refractivity (Wildman–Crippen MR) is 86.3 cm³/mol. The van der Waals surface area contributed by atoms with Gasteiger partial charge < -0.3 is 15.8 Å². The van der Waals surface area contributed by atoms with Crippen molar-refractivity contribution < 1.29 is 17.9 Å². The molecular weight excluding hydrogens is 312 g/mol. The number of hydrogen-bond donors (Lipinski definition) is 2. The van der Waals surface area contributed by atoms with Crippen molar-refractivity contribution in [2.24, 2.45) is 5.73 Å². The van der Waals surface area contributed by atoms with Gasteiger partial charge in [0.1, 0.15) is 22.1 Å². The summed E-state index contributed by atoms with van der Waals surface area (Å²) < 4.78 is 27.1. The number of amides is 1. The van der Waals surface area contributed by atoms with Crippen molar-refractivity contribution in [2.45, 2.75) is 18.6 Å². The van der Waals surface area contributed by atoms with Gasteiger partial charge in [-0.25, -0.2) is 8.42 Å². The van der Waals surface area contributed by atoms with Gasteiger partial charge in [-0.05, 0) is 26.0 Å². The largest absolute Gasteiger partial charge is 0.484 e. The van der Waals surface area contributed by atoms with Crippen molar-refractivity contribution in [2.75, 3.05) is 18.2 Å².